The molecule has 2 aromatic heterocycles. The Hall–Kier alpha value is -3.67. The maximum Gasteiger partial charge on any atom is 0.276 e. The molecule has 1 fully saturated rings. The summed E-state index contributed by atoms with van der Waals surface area (Å²) in [5, 5.41) is 10.9. The van der Waals surface area contributed by atoms with Gasteiger partial charge >= 0.3 is 0 Å². The number of fused-ring (bicyclic) bond motifs is 1. The van der Waals surface area contributed by atoms with Gasteiger partial charge in [-0.1, -0.05) is 30.3 Å². The van der Waals surface area contributed by atoms with Crippen LogP contribution in [0.15, 0.2) is 60.7 Å². The van der Waals surface area contributed by atoms with Gasteiger partial charge in [0.2, 0.25) is 0 Å². The van der Waals surface area contributed by atoms with Crippen LogP contribution in [0.2, 0.25) is 0 Å². The number of aromatic nitrogens is 3. The maximum absolute atomic E-state index is 12.5. The number of benzene rings is 2. The van der Waals surface area contributed by atoms with Crippen LogP contribution < -0.4 is 10.2 Å². The van der Waals surface area contributed by atoms with Crippen molar-refractivity contribution in [1.82, 2.24) is 15.2 Å². The molecule has 1 aliphatic heterocycles. The minimum absolute atomic E-state index is 0.226. The summed E-state index contributed by atoms with van der Waals surface area (Å²) in [5.74, 6) is 0.297. The van der Waals surface area contributed by atoms with E-state index in [2.05, 4.69) is 56.8 Å². The Morgan fingerprint density at radius 2 is 1.94 bits per heavy atom. The van der Waals surface area contributed by atoms with Gasteiger partial charge in [0.05, 0.1) is 5.52 Å². The number of pyridine rings is 1. The summed E-state index contributed by atoms with van der Waals surface area (Å²) in [4.78, 5) is 19.7. The largest absolute Gasteiger partial charge is 0.370 e. The third-order valence-electron chi connectivity index (χ3n) is 5.91. The van der Waals surface area contributed by atoms with Gasteiger partial charge in [0.1, 0.15) is 0 Å². The molecule has 156 valence electrons. The highest BCUT2D eigenvalue weighted by atomic mass is 16.1. The number of aromatic amines is 1. The molecule has 0 unspecified atom stereocenters. The maximum atomic E-state index is 12.5. The van der Waals surface area contributed by atoms with Crippen LogP contribution in [0.4, 0.5) is 11.4 Å². The standard InChI is InChI=1S/C25H25N5O/c1-16-13-24(30-11-10-19(15-30)18-6-4-3-5-7-18)21-14-20(8-9-22(21)26-16)27-25(31)23-12-17(2)28-29-23/h3-9,12-14,19H,10-11,15H2,1-2H3,(H,27,31)(H,28,29)/t19-/m1/s1. The molecule has 31 heavy (non-hydrogen) atoms. The number of H-pyrrole nitrogens is 1. The van der Waals surface area contributed by atoms with E-state index in [0.29, 0.717) is 11.6 Å². The van der Waals surface area contributed by atoms with Gasteiger partial charge < -0.3 is 10.2 Å². The molecule has 1 amide bonds. The van der Waals surface area contributed by atoms with Crippen molar-refractivity contribution in [1.29, 1.82) is 0 Å². The predicted octanol–water partition coefficient (Wildman–Crippen LogP) is 4.82. The number of anilines is 2. The van der Waals surface area contributed by atoms with E-state index in [1.54, 1.807) is 6.07 Å². The van der Waals surface area contributed by atoms with E-state index in [-0.39, 0.29) is 5.91 Å². The molecular weight excluding hydrogens is 386 g/mol. The lowest BCUT2D eigenvalue weighted by Gasteiger charge is -2.22. The summed E-state index contributed by atoms with van der Waals surface area (Å²) in [6.07, 6.45) is 1.13. The Morgan fingerprint density at radius 3 is 2.71 bits per heavy atom. The molecule has 0 spiro atoms. The van der Waals surface area contributed by atoms with Gasteiger partial charge in [-0.05, 0) is 56.2 Å². The van der Waals surface area contributed by atoms with Crippen molar-refractivity contribution in [3.63, 3.8) is 0 Å². The summed E-state index contributed by atoms with van der Waals surface area (Å²) >= 11 is 0. The van der Waals surface area contributed by atoms with Gasteiger partial charge in [0.25, 0.3) is 5.91 Å². The topological polar surface area (TPSA) is 73.9 Å². The zero-order chi connectivity index (χ0) is 21.4. The zero-order valence-electron chi connectivity index (χ0n) is 17.7. The van der Waals surface area contributed by atoms with Crippen molar-refractivity contribution >= 4 is 28.2 Å². The van der Waals surface area contributed by atoms with Crippen LogP contribution in [0.25, 0.3) is 10.9 Å². The van der Waals surface area contributed by atoms with Gasteiger partial charge in [-0.25, -0.2) is 0 Å². The van der Waals surface area contributed by atoms with Crippen molar-refractivity contribution in [2.75, 3.05) is 23.3 Å². The van der Waals surface area contributed by atoms with E-state index in [0.717, 1.165) is 47.5 Å². The SMILES string of the molecule is Cc1cc(N2CC[C@@H](c3ccccc3)C2)c2cc(NC(=O)c3cc(C)[nH]n3)ccc2n1. The Labute approximate surface area is 181 Å². The summed E-state index contributed by atoms with van der Waals surface area (Å²) < 4.78 is 0. The minimum atomic E-state index is -0.226. The monoisotopic (exact) mass is 411 g/mol. The third kappa shape index (κ3) is 3.89. The number of amides is 1. The van der Waals surface area contributed by atoms with Crippen LogP contribution in [-0.2, 0) is 0 Å². The molecule has 0 saturated carbocycles. The fourth-order valence-corrected chi connectivity index (χ4v) is 4.38. The number of hydrogen-bond donors (Lipinski definition) is 2. The molecule has 2 aromatic carbocycles. The normalized spacial score (nSPS) is 16.1. The van der Waals surface area contributed by atoms with Crippen molar-refractivity contribution in [2.45, 2.75) is 26.2 Å². The quantitative estimate of drug-likeness (QED) is 0.505. The van der Waals surface area contributed by atoms with Crippen LogP contribution in [0, 0.1) is 13.8 Å². The fraction of sp³-hybridized carbons (Fsp3) is 0.240. The highest BCUT2D eigenvalue weighted by Crippen LogP contribution is 2.35. The van der Waals surface area contributed by atoms with Gasteiger partial charge in [0.15, 0.2) is 5.69 Å². The van der Waals surface area contributed by atoms with Crippen molar-refractivity contribution < 1.29 is 4.79 Å². The summed E-state index contributed by atoms with van der Waals surface area (Å²) in [5.41, 5.74) is 6.47. The number of aryl methyl sites for hydroxylation is 2. The number of nitrogens with zero attached hydrogens (tertiary/aromatic N) is 3. The van der Waals surface area contributed by atoms with Crippen molar-refractivity contribution in [2.24, 2.45) is 0 Å². The second-order valence-electron chi connectivity index (χ2n) is 8.25. The molecular formula is C25H25N5O. The molecule has 0 aliphatic carbocycles. The smallest absolute Gasteiger partial charge is 0.276 e. The van der Waals surface area contributed by atoms with E-state index in [9.17, 15) is 4.79 Å². The van der Waals surface area contributed by atoms with E-state index in [4.69, 9.17) is 4.98 Å². The lowest BCUT2D eigenvalue weighted by atomic mass is 9.99. The second-order valence-corrected chi connectivity index (χ2v) is 8.25. The first kappa shape index (κ1) is 19.3. The molecule has 1 aliphatic rings. The first-order valence-electron chi connectivity index (χ1n) is 10.6. The van der Waals surface area contributed by atoms with E-state index < -0.39 is 0 Å². The number of carbonyl (C=O) groups excluding carboxylic acids is 1. The van der Waals surface area contributed by atoms with Gasteiger partial charge in [-0.3, -0.25) is 14.9 Å². The molecule has 3 heterocycles. The van der Waals surface area contributed by atoms with E-state index >= 15 is 0 Å². The minimum Gasteiger partial charge on any atom is -0.370 e. The van der Waals surface area contributed by atoms with Gasteiger partial charge in [-0.15, -0.1) is 0 Å². The number of rotatable bonds is 4. The Morgan fingerprint density at radius 1 is 1.10 bits per heavy atom. The van der Waals surface area contributed by atoms with E-state index in [1.807, 2.05) is 32.0 Å². The predicted molar refractivity (Wildman–Crippen MR) is 124 cm³/mol. The van der Waals surface area contributed by atoms with Crippen molar-refractivity contribution in [3.8, 4) is 0 Å². The lowest BCUT2D eigenvalue weighted by molar-refractivity contribution is 0.102. The number of hydrogen-bond acceptors (Lipinski definition) is 4. The highest BCUT2D eigenvalue weighted by molar-refractivity contribution is 6.04. The van der Waals surface area contributed by atoms with Crippen LogP contribution in [-0.4, -0.2) is 34.2 Å². The van der Waals surface area contributed by atoms with Crippen LogP contribution in [0.5, 0.6) is 0 Å². The summed E-state index contributed by atoms with van der Waals surface area (Å²) in [6.45, 7) is 5.88. The van der Waals surface area contributed by atoms with Gasteiger partial charge in [0, 0.05) is 47.2 Å². The Bertz CT molecular complexity index is 1250. The number of nitrogens with one attached hydrogen (secondary N) is 2. The van der Waals surface area contributed by atoms with Crippen LogP contribution in [0.1, 0.15) is 39.8 Å². The zero-order valence-corrected chi connectivity index (χ0v) is 17.7. The average molecular weight is 412 g/mol. The molecule has 0 bridgehead atoms. The molecule has 5 rings (SSSR count). The molecule has 2 N–H and O–H groups in total. The molecule has 4 aromatic rings. The Balaban J connectivity index is 1.45. The third-order valence-corrected chi connectivity index (χ3v) is 5.91. The number of carbonyl (C=O) groups is 1. The molecule has 1 atom stereocenters. The van der Waals surface area contributed by atoms with E-state index in [1.165, 1.54) is 11.3 Å². The molecule has 1 saturated heterocycles. The summed E-state index contributed by atoms with van der Waals surface area (Å²) in [6, 6.07) is 20.5. The molecule has 6 nitrogen and oxygen atoms in total. The average Bonchev–Trinajstić information content (AvgIpc) is 3.43. The second kappa shape index (κ2) is 7.87. The summed E-state index contributed by atoms with van der Waals surface area (Å²) in [7, 11) is 0. The first-order valence-corrected chi connectivity index (χ1v) is 10.6. The van der Waals surface area contributed by atoms with Gasteiger partial charge in [-0.2, -0.15) is 5.10 Å². The Kier molecular flexibility index (Phi) is 4.90. The first-order chi connectivity index (χ1) is 15.1. The van der Waals surface area contributed by atoms with Crippen LogP contribution in [0.3, 0.4) is 0 Å². The lowest BCUT2D eigenvalue weighted by Crippen LogP contribution is -2.20. The highest BCUT2D eigenvalue weighted by Gasteiger charge is 2.25. The van der Waals surface area contributed by atoms with Crippen LogP contribution >= 0.6 is 0 Å². The molecule has 0 radical (unpaired) electrons. The fourth-order valence-electron chi connectivity index (χ4n) is 4.38. The van der Waals surface area contributed by atoms with Crippen molar-refractivity contribution in [3.05, 3.63) is 83.3 Å². The molecule has 6 heteroatoms.